The SMILES string of the molecule is O=S(=O)(O)CCOCCCOCC1CO1. The van der Waals surface area contributed by atoms with E-state index in [4.69, 9.17) is 18.8 Å². The summed E-state index contributed by atoms with van der Waals surface area (Å²) in [6.07, 6.45) is 0.975. The molecule has 1 aliphatic heterocycles. The van der Waals surface area contributed by atoms with Gasteiger partial charge in [-0.15, -0.1) is 0 Å². The number of ether oxygens (including phenoxy) is 3. The first-order chi connectivity index (χ1) is 7.08. The standard InChI is InChI=1S/C8H16O6S/c9-15(10,11)5-4-12-2-1-3-13-6-8-7-14-8/h8H,1-7H2,(H,9,10,11). The van der Waals surface area contributed by atoms with E-state index in [1.807, 2.05) is 0 Å². The molecule has 0 bridgehead atoms. The summed E-state index contributed by atoms with van der Waals surface area (Å²) in [6.45, 7) is 2.42. The fourth-order valence-corrected chi connectivity index (χ4v) is 1.24. The highest BCUT2D eigenvalue weighted by Crippen LogP contribution is 2.08. The lowest BCUT2D eigenvalue weighted by Crippen LogP contribution is -2.12. The molecule has 15 heavy (non-hydrogen) atoms. The van der Waals surface area contributed by atoms with E-state index in [1.165, 1.54) is 0 Å². The summed E-state index contributed by atoms with van der Waals surface area (Å²) < 4.78 is 44.1. The first-order valence-corrected chi connectivity index (χ1v) is 6.41. The van der Waals surface area contributed by atoms with Crippen LogP contribution in [0.3, 0.4) is 0 Å². The lowest BCUT2D eigenvalue weighted by molar-refractivity contribution is 0.0801. The van der Waals surface area contributed by atoms with E-state index in [0.717, 1.165) is 6.61 Å². The van der Waals surface area contributed by atoms with Crippen LogP contribution in [-0.2, 0) is 24.3 Å². The van der Waals surface area contributed by atoms with Gasteiger partial charge in [-0.1, -0.05) is 0 Å². The fraction of sp³-hybridized carbons (Fsp3) is 1.00. The van der Waals surface area contributed by atoms with Crippen LogP contribution in [0.1, 0.15) is 6.42 Å². The van der Waals surface area contributed by atoms with Gasteiger partial charge in [-0.05, 0) is 6.42 Å². The molecule has 1 fully saturated rings. The Morgan fingerprint density at radius 2 is 1.93 bits per heavy atom. The Kier molecular flexibility index (Phi) is 5.48. The Labute approximate surface area is 89.3 Å². The number of hydrogen-bond donors (Lipinski definition) is 1. The van der Waals surface area contributed by atoms with Crippen molar-refractivity contribution in [1.29, 1.82) is 0 Å². The Morgan fingerprint density at radius 3 is 2.53 bits per heavy atom. The maximum atomic E-state index is 10.3. The van der Waals surface area contributed by atoms with Crippen LogP contribution >= 0.6 is 0 Å². The average Bonchev–Trinajstić information content (AvgIpc) is 2.91. The normalized spacial score (nSPS) is 20.5. The first kappa shape index (κ1) is 12.9. The molecule has 0 saturated carbocycles. The van der Waals surface area contributed by atoms with Crippen LogP contribution in [0.5, 0.6) is 0 Å². The molecule has 0 aliphatic carbocycles. The third-order valence-corrected chi connectivity index (χ3v) is 2.45. The fourth-order valence-electron chi connectivity index (χ4n) is 0.908. The van der Waals surface area contributed by atoms with Crippen LogP contribution in [0.15, 0.2) is 0 Å². The number of epoxide rings is 1. The summed E-state index contributed by atoms with van der Waals surface area (Å²) in [6, 6.07) is 0. The zero-order chi connectivity index (χ0) is 11.1. The summed E-state index contributed by atoms with van der Waals surface area (Å²) in [5.74, 6) is -0.357. The minimum Gasteiger partial charge on any atom is -0.380 e. The van der Waals surface area contributed by atoms with Crippen molar-refractivity contribution in [2.75, 3.05) is 38.8 Å². The van der Waals surface area contributed by atoms with Crippen LogP contribution in [0, 0.1) is 0 Å². The molecule has 90 valence electrons. The van der Waals surface area contributed by atoms with E-state index in [-0.39, 0.29) is 18.5 Å². The van der Waals surface area contributed by atoms with E-state index in [0.29, 0.717) is 26.2 Å². The van der Waals surface area contributed by atoms with Crippen molar-refractivity contribution in [2.24, 2.45) is 0 Å². The molecule has 0 amide bonds. The van der Waals surface area contributed by atoms with Gasteiger partial charge in [0.2, 0.25) is 0 Å². The lowest BCUT2D eigenvalue weighted by Gasteiger charge is -2.03. The summed E-state index contributed by atoms with van der Waals surface area (Å²) in [5, 5.41) is 0. The van der Waals surface area contributed by atoms with E-state index in [9.17, 15) is 8.42 Å². The van der Waals surface area contributed by atoms with Gasteiger partial charge in [-0.2, -0.15) is 8.42 Å². The van der Waals surface area contributed by atoms with E-state index >= 15 is 0 Å². The zero-order valence-electron chi connectivity index (χ0n) is 8.42. The first-order valence-electron chi connectivity index (χ1n) is 4.80. The van der Waals surface area contributed by atoms with Crippen LogP contribution < -0.4 is 0 Å². The van der Waals surface area contributed by atoms with Gasteiger partial charge in [0, 0.05) is 13.2 Å². The van der Waals surface area contributed by atoms with Crippen molar-refractivity contribution >= 4 is 10.1 Å². The second kappa shape index (κ2) is 6.39. The van der Waals surface area contributed by atoms with Crippen molar-refractivity contribution in [3.05, 3.63) is 0 Å². The van der Waals surface area contributed by atoms with Gasteiger partial charge in [0.1, 0.15) is 6.10 Å². The van der Waals surface area contributed by atoms with Crippen molar-refractivity contribution in [2.45, 2.75) is 12.5 Å². The molecule has 1 unspecified atom stereocenters. The van der Waals surface area contributed by atoms with E-state index in [1.54, 1.807) is 0 Å². The van der Waals surface area contributed by atoms with Gasteiger partial charge in [-0.3, -0.25) is 4.55 Å². The summed E-state index contributed by atoms with van der Waals surface area (Å²) in [4.78, 5) is 0. The molecule has 1 heterocycles. The lowest BCUT2D eigenvalue weighted by atomic mass is 10.5. The highest BCUT2D eigenvalue weighted by atomic mass is 32.2. The Morgan fingerprint density at radius 1 is 1.27 bits per heavy atom. The third-order valence-electron chi connectivity index (χ3n) is 1.77. The Hall–Kier alpha value is -0.210. The largest absolute Gasteiger partial charge is 0.380 e. The molecular weight excluding hydrogens is 224 g/mol. The minimum absolute atomic E-state index is 0.0184. The highest BCUT2D eigenvalue weighted by molar-refractivity contribution is 7.85. The summed E-state index contributed by atoms with van der Waals surface area (Å²) in [5.41, 5.74) is 0. The molecule has 0 aromatic carbocycles. The van der Waals surface area contributed by atoms with Gasteiger partial charge in [0.05, 0.1) is 25.6 Å². The monoisotopic (exact) mass is 240 g/mol. The third kappa shape index (κ3) is 8.76. The Balaban J connectivity index is 1.76. The molecule has 0 aromatic rings. The van der Waals surface area contributed by atoms with Gasteiger partial charge in [-0.25, -0.2) is 0 Å². The number of rotatable bonds is 9. The van der Waals surface area contributed by atoms with Gasteiger partial charge in [0.25, 0.3) is 10.1 Å². The van der Waals surface area contributed by atoms with Crippen molar-refractivity contribution in [3.63, 3.8) is 0 Å². The smallest absolute Gasteiger partial charge is 0.267 e. The second-order valence-electron chi connectivity index (χ2n) is 3.28. The molecule has 6 nitrogen and oxygen atoms in total. The van der Waals surface area contributed by atoms with Crippen LogP contribution in [0.2, 0.25) is 0 Å². The molecule has 1 rings (SSSR count). The maximum absolute atomic E-state index is 10.3. The molecule has 0 spiro atoms. The summed E-state index contributed by atoms with van der Waals surface area (Å²) in [7, 11) is -3.90. The molecule has 0 aromatic heterocycles. The molecule has 1 aliphatic rings. The van der Waals surface area contributed by atoms with Crippen molar-refractivity contribution in [1.82, 2.24) is 0 Å². The van der Waals surface area contributed by atoms with Crippen LogP contribution in [-0.4, -0.2) is 57.9 Å². The second-order valence-corrected chi connectivity index (χ2v) is 4.85. The van der Waals surface area contributed by atoms with E-state index in [2.05, 4.69) is 0 Å². The van der Waals surface area contributed by atoms with Gasteiger partial charge < -0.3 is 14.2 Å². The molecule has 1 atom stereocenters. The zero-order valence-corrected chi connectivity index (χ0v) is 9.24. The molecule has 1 saturated heterocycles. The highest BCUT2D eigenvalue weighted by Gasteiger charge is 2.21. The van der Waals surface area contributed by atoms with E-state index < -0.39 is 10.1 Å². The molecule has 0 radical (unpaired) electrons. The predicted molar refractivity (Wildman–Crippen MR) is 52.4 cm³/mol. The Bertz CT molecular complexity index is 258. The van der Waals surface area contributed by atoms with Gasteiger partial charge >= 0.3 is 0 Å². The predicted octanol–water partition coefficient (Wildman–Crippen LogP) is -0.304. The number of hydrogen-bond acceptors (Lipinski definition) is 5. The molecule has 1 N–H and O–H groups in total. The average molecular weight is 240 g/mol. The topological polar surface area (TPSA) is 85.4 Å². The molecule has 7 heteroatoms. The molecular formula is C8H16O6S. The quantitative estimate of drug-likeness (QED) is 0.338. The van der Waals surface area contributed by atoms with Crippen molar-refractivity contribution in [3.8, 4) is 0 Å². The van der Waals surface area contributed by atoms with Crippen LogP contribution in [0.25, 0.3) is 0 Å². The van der Waals surface area contributed by atoms with Gasteiger partial charge in [0.15, 0.2) is 0 Å². The van der Waals surface area contributed by atoms with Crippen molar-refractivity contribution < 1.29 is 27.2 Å². The summed E-state index contributed by atoms with van der Waals surface area (Å²) >= 11 is 0. The van der Waals surface area contributed by atoms with Crippen LogP contribution in [0.4, 0.5) is 0 Å². The minimum atomic E-state index is -3.90. The maximum Gasteiger partial charge on any atom is 0.267 e.